The van der Waals surface area contributed by atoms with Crippen LogP contribution in [0, 0.1) is 0 Å². The molecule has 29 heavy (non-hydrogen) atoms. The van der Waals surface area contributed by atoms with Gasteiger partial charge in [0.25, 0.3) is 5.91 Å². The second-order valence-electron chi connectivity index (χ2n) is 7.37. The van der Waals surface area contributed by atoms with Gasteiger partial charge in [-0.25, -0.2) is 8.42 Å². The third kappa shape index (κ3) is 4.98. The van der Waals surface area contributed by atoms with Crippen LogP contribution in [0.5, 0.6) is 0 Å². The van der Waals surface area contributed by atoms with Crippen molar-refractivity contribution in [3.05, 3.63) is 64.7 Å². The van der Waals surface area contributed by atoms with Crippen molar-refractivity contribution in [2.75, 3.05) is 20.1 Å². The number of ether oxygens (including phenoxy) is 1. The summed E-state index contributed by atoms with van der Waals surface area (Å²) in [5, 5.41) is 0.0964. The number of carbonyl (C=O) groups is 1. The monoisotopic (exact) mass is 436 g/mol. The molecule has 2 atom stereocenters. The highest BCUT2D eigenvalue weighted by atomic mass is 35.5. The zero-order valence-corrected chi connectivity index (χ0v) is 18.3. The summed E-state index contributed by atoms with van der Waals surface area (Å²) in [5.74, 6) is -0.273. The van der Waals surface area contributed by atoms with E-state index in [1.165, 1.54) is 16.4 Å². The summed E-state index contributed by atoms with van der Waals surface area (Å²) >= 11 is 6.22. The Balaban J connectivity index is 1.86. The highest BCUT2D eigenvalue weighted by molar-refractivity contribution is 7.89. The minimum Gasteiger partial charge on any atom is -0.373 e. The van der Waals surface area contributed by atoms with E-state index in [1.54, 1.807) is 18.0 Å². The molecule has 0 N–H and O–H groups in total. The van der Waals surface area contributed by atoms with Crippen molar-refractivity contribution >= 4 is 27.5 Å². The molecule has 0 saturated carbocycles. The molecule has 0 spiro atoms. The smallest absolute Gasteiger partial charge is 0.253 e. The summed E-state index contributed by atoms with van der Waals surface area (Å²) in [5.41, 5.74) is 1.27. The average molecular weight is 437 g/mol. The fraction of sp³-hybridized carbons (Fsp3) is 0.381. The van der Waals surface area contributed by atoms with Crippen molar-refractivity contribution in [1.82, 2.24) is 9.21 Å². The normalized spacial score (nSPS) is 20.4. The summed E-state index contributed by atoms with van der Waals surface area (Å²) in [6.07, 6.45) is -0.428. The summed E-state index contributed by atoms with van der Waals surface area (Å²) in [4.78, 5) is 14.4. The first-order valence-electron chi connectivity index (χ1n) is 9.43. The van der Waals surface area contributed by atoms with Gasteiger partial charge in [-0.05, 0) is 37.6 Å². The Labute approximate surface area is 177 Å². The molecule has 1 amide bonds. The number of amides is 1. The number of hydrogen-bond donors (Lipinski definition) is 0. The number of nitrogens with zero attached hydrogens (tertiary/aromatic N) is 2. The van der Waals surface area contributed by atoms with Crippen molar-refractivity contribution in [1.29, 1.82) is 0 Å². The molecule has 3 rings (SSSR count). The molecular formula is C21H25ClN2O4S. The van der Waals surface area contributed by atoms with E-state index >= 15 is 0 Å². The zero-order chi connectivity index (χ0) is 21.2. The quantitative estimate of drug-likeness (QED) is 0.720. The van der Waals surface area contributed by atoms with Crippen molar-refractivity contribution < 1.29 is 17.9 Å². The number of halogens is 1. The molecule has 0 radical (unpaired) electrons. The Morgan fingerprint density at radius 2 is 1.76 bits per heavy atom. The van der Waals surface area contributed by atoms with Crippen LogP contribution in [0.15, 0.2) is 53.4 Å². The molecule has 1 heterocycles. The van der Waals surface area contributed by atoms with Gasteiger partial charge in [0.05, 0.1) is 17.2 Å². The Kier molecular flexibility index (Phi) is 6.63. The van der Waals surface area contributed by atoms with Gasteiger partial charge in [0.15, 0.2) is 0 Å². The molecule has 1 saturated heterocycles. The van der Waals surface area contributed by atoms with E-state index < -0.39 is 10.0 Å². The number of rotatable bonds is 5. The number of benzene rings is 2. The molecule has 1 aliphatic rings. The minimum atomic E-state index is -3.85. The van der Waals surface area contributed by atoms with E-state index in [-0.39, 0.29) is 46.7 Å². The second-order valence-corrected chi connectivity index (χ2v) is 9.68. The molecule has 156 valence electrons. The zero-order valence-electron chi connectivity index (χ0n) is 16.7. The van der Waals surface area contributed by atoms with Crippen LogP contribution < -0.4 is 0 Å². The molecule has 1 aliphatic heterocycles. The number of hydrogen-bond acceptors (Lipinski definition) is 4. The van der Waals surface area contributed by atoms with Crippen molar-refractivity contribution in [2.24, 2.45) is 0 Å². The van der Waals surface area contributed by atoms with Gasteiger partial charge < -0.3 is 9.64 Å². The summed E-state index contributed by atoms with van der Waals surface area (Å²) in [6.45, 7) is 4.57. The number of carbonyl (C=O) groups excluding carboxylic acids is 1. The number of morpholine rings is 1. The largest absolute Gasteiger partial charge is 0.373 e. The summed E-state index contributed by atoms with van der Waals surface area (Å²) < 4.78 is 33.4. The molecular weight excluding hydrogens is 412 g/mol. The van der Waals surface area contributed by atoms with E-state index in [9.17, 15) is 13.2 Å². The lowest BCUT2D eigenvalue weighted by Crippen LogP contribution is -2.48. The lowest BCUT2D eigenvalue weighted by atomic mass is 10.1. The molecule has 6 nitrogen and oxygen atoms in total. The van der Waals surface area contributed by atoms with Crippen LogP contribution in [-0.2, 0) is 21.3 Å². The first-order chi connectivity index (χ1) is 13.7. The molecule has 0 bridgehead atoms. The lowest BCUT2D eigenvalue weighted by Gasteiger charge is -2.34. The van der Waals surface area contributed by atoms with Gasteiger partial charge in [-0.3, -0.25) is 4.79 Å². The third-order valence-electron chi connectivity index (χ3n) is 4.79. The van der Waals surface area contributed by atoms with Crippen LogP contribution >= 0.6 is 11.6 Å². The molecule has 0 aliphatic carbocycles. The fourth-order valence-corrected chi connectivity index (χ4v) is 5.54. The maximum atomic E-state index is 13.2. The Hall–Kier alpha value is -1.93. The van der Waals surface area contributed by atoms with Crippen LogP contribution in [0.25, 0.3) is 0 Å². The van der Waals surface area contributed by atoms with Crippen LogP contribution in [0.4, 0.5) is 0 Å². The molecule has 1 fully saturated rings. The van der Waals surface area contributed by atoms with Crippen molar-refractivity contribution in [3.8, 4) is 0 Å². The van der Waals surface area contributed by atoms with E-state index in [0.717, 1.165) is 5.56 Å². The summed E-state index contributed by atoms with van der Waals surface area (Å²) in [7, 11) is -2.16. The Morgan fingerprint density at radius 1 is 1.14 bits per heavy atom. The van der Waals surface area contributed by atoms with Crippen LogP contribution in [0.1, 0.15) is 29.8 Å². The second kappa shape index (κ2) is 8.83. The first-order valence-corrected chi connectivity index (χ1v) is 11.2. The standard InChI is InChI=1S/C21H25ClN2O4S/c1-15-12-24(13-16(2)28-15)29(26,27)20-11-18(9-10-19(20)22)21(25)23(3)14-17-7-5-4-6-8-17/h4-11,15-16H,12-14H2,1-3H3. The van der Waals surface area contributed by atoms with E-state index in [1.807, 2.05) is 44.2 Å². The third-order valence-corrected chi connectivity index (χ3v) is 7.10. The predicted molar refractivity (Wildman–Crippen MR) is 112 cm³/mol. The molecule has 2 unspecified atom stereocenters. The molecule has 2 aromatic rings. The maximum Gasteiger partial charge on any atom is 0.253 e. The van der Waals surface area contributed by atoms with Gasteiger partial charge >= 0.3 is 0 Å². The minimum absolute atomic E-state index is 0.0561. The SMILES string of the molecule is CC1CN(S(=O)(=O)c2cc(C(=O)N(C)Cc3ccccc3)ccc2Cl)CC(C)O1. The van der Waals surface area contributed by atoms with Crippen LogP contribution in [0.3, 0.4) is 0 Å². The molecule has 0 aromatic heterocycles. The molecule has 8 heteroatoms. The lowest BCUT2D eigenvalue weighted by molar-refractivity contribution is -0.0440. The van der Waals surface area contributed by atoms with Gasteiger partial charge in [0, 0.05) is 32.2 Å². The van der Waals surface area contributed by atoms with E-state index in [0.29, 0.717) is 6.54 Å². The van der Waals surface area contributed by atoms with E-state index in [4.69, 9.17) is 16.3 Å². The van der Waals surface area contributed by atoms with Crippen LogP contribution in [0.2, 0.25) is 5.02 Å². The Bertz CT molecular complexity index is 971. The summed E-state index contributed by atoms with van der Waals surface area (Å²) in [6, 6.07) is 14.0. The maximum absolute atomic E-state index is 13.2. The van der Waals surface area contributed by atoms with Crippen molar-refractivity contribution in [3.63, 3.8) is 0 Å². The average Bonchev–Trinajstić information content (AvgIpc) is 2.67. The first kappa shape index (κ1) is 21.8. The van der Waals surface area contributed by atoms with Gasteiger partial charge in [-0.1, -0.05) is 41.9 Å². The van der Waals surface area contributed by atoms with Gasteiger partial charge in [-0.15, -0.1) is 0 Å². The number of sulfonamides is 1. The highest BCUT2D eigenvalue weighted by Crippen LogP contribution is 2.28. The Morgan fingerprint density at radius 3 is 2.38 bits per heavy atom. The molecule has 2 aromatic carbocycles. The van der Waals surface area contributed by atoms with Crippen LogP contribution in [-0.4, -0.2) is 55.9 Å². The van der Waals surface area contributed by atoms with Gasteiger partial charge in [0.1, 0.15) is 4.90 Å². The van der Waals surface area contributed by atoms with Crippen molar-refractivity contribution in [2.45, 2.75) is 37.5 Å². The topological polar surface area (TPSA) is 66.9 Å². The fourth-order valence-electron chi connectivity index (χ4n) is 3.45. The highest BCUT2D eigenvalue weighted by Gasteiger charge is 2.34. The van der Waals surface area contributed by atoms with Gasteiger partial charge in [-0.2, -0.15) is 4.31 Å². The predicted octanol–water partition coefficient (Wildman–Crippen LogP) is 3.41. The van der Waals surface area contributed by atoms with Gasteiger partial charge in [0.2, 0.25) is 10.0 Å². The van der Waals surface area contributed by atoms with E-state index in [2.05, 4.69) is 0 Å².